The van der Waals surface area contributed by atoms with Gasteiger partial charge in [0.15, 0.2) is 5.96 Å². The number of hydrogen-bond acceptors (Lipinski definition) is 2. The van der Waals surface area contributed by atoms with Crippen LogP contribution in [0.1, 0.15) is 17.2 Å². The minimum absolute atomic E-state index is 0. The Labute approximate surface area is 147 Å². The Morgan fingerprint density at radius 2 is 2.18 bits per heavy atom. The molecule has 1 aromatic carbocycles. The molecule has 0 spiro atoms. The van der Waals surface area contributed by atoms with Crippen molar-refractivity contribution in [2.24, 2.45) is 4.99 Å². The Bertz CT molecular complexity index is 499. The zero-order chi connectivity index (χ0) is 15.2. The van der Waals surface area contributed by atoms with Crippen molar-refractivity contribution in [3.63, 3.8) is 0 Å². The number of halogens is 3. The normalized spacial score (nSPS) is 19.0. The Kier molecular flexibility index (Phi) is 8.02. The molecular formula is C15H22F2IN3O. The number of aryl methyl sites for hydroxylation is 1. The molecule has 1 unspecified atom stereocenters. The quantitative estimate of drug-likeness (QED) is 0.460. The summed E-state index contributed by atoms with van der Waals surface area (Å²) in [6.07, 6.45) is -2.46. The number of hydrogen-bond donors (Lipinski definition) is 1. The molecule has 1 aromatic rings. The fourth-order valence-electron chi connectivity index (χ4n) is 2.48. The van der Waals surface area contributed by atoms with Gasteiger partial charge in [-0.05, 0) is 18.1 Å². The van der Waals surface area contributed by atoms with Gasteiger partial charge in [0.05, 0.1) is 19.7 Å². The molecule has 2 rings (SSSR count). The summed E-state index contributed by atoms with van der Waals surface area (Å²) >= 11 is 0. The van der Waals surface area contributed by atoms with Gasteiger partial charge >= 0.3 is 0 Å². The van der Waals surface area contributed by atoms with Gasteiger partial charge in [0, 0.05) is 13.6 Å². The molecule has 4 nitrogen and oxygen atoms in total. The average Bonchev–Trinajstić information content (AvgIpc) is 2.48. The first kappa shape index (κ1) is 19.1. The summed E-state index contributed by atoms with van der Waals surface area (Å²) in [5, 5.41) is 2.70. The van der Waals surface area contributed by atoms with Gasteiger partial charge in [-0.25, -0.2) is 8.78 Å². The molecule has 7 heteroatoms. The van der Waals surface area contributed by atoms with E-state index in [-0.39, 0.29) is 36.6 Å². The van der Waals surface area contributed by atoms with Crippen LogP contribution in [0.2, 0.25) is 0 Å². The van der Waals surface area contributed by atoms with E-state index in [0.29, 0.717) is 25.7 Å². The third-order valence-corrected chi connectivity index (χ3v) is 3.53. The summed E-state index contributed by atoms with van der Waals surface area (Å²) < 4.78 is 30.5. The van der Waals surface area contributed by atoms with Crippen LogP contribution in [0.25, 0.3) is 0 Å². The van der Waals surface area contributed by atoms with Crippen molar-refractivity contribution in [1.29, 1.82) is 0 Å². The number of nitrogens with one attached hydrogen (secondary N) is 1. The Morgan fingerprint density at radius 1 is 1.45 bits per heavy atom. The predicted octanol–water partition coefficient (Wildman–Crippen LogP) is 2.83. The predicted molar refractivity (Wildman–Crippen MR) is 94.2 cm³/mol. The molecule has 22 heavy (non-hydrogen) atoms. The highest BCUT2D eigenvalue weighted by molar-refractivity contribution is 14.0. The Balaban J connectivity index is 0.00000242. The minimum Gasteiger partial charge on any atom is -0.370 e. The maximum atomic E-state index is 12.3. The number of ether oxygens (including phenoxy) is 1. The highest BCUT2D eigenvalue weighted by atomic mass is 127. The number of rotatable bonds is 3. The second-order valence-electron chi connectivity index (χ2n) is 4.98. The summed E-state index contributed by atoms with van der Waals surface area (Å²) in [7, 11) is 1.60. The molecule has 1 heterocycles. The number of benzene rings is 1. The van der Waals surface area contributed by atoms with E-state index < -0.39 is 6.43 Å². The van der Waals surface area contributed by atoms with Crippen LogP contribution in [0.3, 0.4) is 0 Å². The minimum atomic E-state index is -2.39. The number of aliphatic imine (C=N–C) groups is 1. The molecule has 124 valence electrons. The van der Waals surface area contributed by atoms with Crippen molar-refractivity contribution in [3.05, 3.63) is 35.4 Å². The van der Waals surface area contributed by atoms with Crippen LogP contribution in [0, 0.1) is 6.92 Å². The SMILES string of the molecule is CN=C(NCC(F)F)N1CCOC(c2ccccc2C)C1.I. The second-order valence-corrected chi connectivity index (χ2v) is 4.98. The average molecular weight is 425 g/mol. The molecule has 0 radical (unpaired) electrons. The first-order valence-electron chi connectivity index (χ1n) is 7.02. The molecule has 0 saturated carbocycles. The van der Waals surface area contributed by atoms with Crippen molar-refractivity contribution in [3.8, 4) is 0 Å². The first-order chi connectivity index (χ1) is 10.1. The van der Waals surface area contributed by atoms with Crippen LogP contribution in [-0.4, -0.2) is 50.6 Å². The third-order valence-electron chi connectivity index (χ3n) is 3.53. The van der Waals surface area contributed by atoms with E-state index in [2.05, 4.69) is 10.3 Å². The number of morpholine rings is 1. The lowest BCUT2D eigenvalue weighted by Crippen LogP contribution is -2.49. The van der Waals surface area contributed by atoms with E-state index in [1.807, 2.05) is 36.1 Å². The summed E-state index contributed by atoms with van der Waals surface area (Å²) in [5.74, 6) is 0.497. The summed E-state index contributed by atoms with van der Waals surface area (Å²) in [4.78, 5) is 6.04. The van der Waals surface area contributed by atoms with Crippen LogP contribution in [0.4, 0.5) is 8.78 Å². The lowest BCUT2D eigenvalue weighted by atomic mass is 10.0. The lowest BCUT2D eigenvalue weighted by molar-refractivity contribution is -0.00856. The highest BCUT2D eigenvalue weighted by Crippen LogP contribution is 2.24. The Morgan fingerprint density at radius 3 is 2.82 bits per heavy atom. The van der Waals surface area contributed by atoms with Gasteiger partial charge in [0.25, 0.3) is 6.43 Å². The van der Waals surface area contributed by atoms with Crippen molar-refractivity contribution >= 4 is 29.9 Å². The molecule has 0 bridgehead atoms. The van der Waals surface area contributed by atoms with Crippen LogP contribution >= 0.6 is 24.0 Å². The largest absolute Gasteiger partial charge is 0.370 e. The van der Waals surface area contributed by atoms with Gasteiger partial charge in [-0.3, -0.25) is 4.99 Å². The van der Waals surface area contributed by atoms with Gasteiger partial charge in [-0.2, -0.15) is 0 Å². The van der Waals surface area contributed by atoms with Crippen LogP contribution in [0.5, 0.6) is 0 Å². The topological polar surface area (TPSA) is 36.9 Å². The third kappa shape index (κ3) is 5.05. The second kappa shape index (κ2) is 9.24. The zero-order valence-corrected chi connectivity index (χ0v) is 15.1. The smallest absolute Gasteiger partial charge is 0.255 e. The first-order valence-corrected chi connectivity index (χ1v) is 7.02. The molecule has 0 aliphatic carbocycles. The van der Waals surface area contributed by atoms with E-state index in [0.717, 1.165) is 5.56 Å². The van der Waals surface area contributed by atoms with E-state index >= 15 is 0 Å². The molecule has 1 atom stereocenters. The van der Waals surface area contributed by atoms with Crippen molar-refractivity contribution in [1.82, 2.24) is 10.2 Å². The van der Waals surface area contributed by atoms with E-state index in [1.165, 1.54) is 5.56 Å². The summed E-state index contributed by atoms with van der Waals surface area (Å²) in [5.41, 5.74) is 2.30. The maximum absolute atomic E-state index is 12.3. The van der Waals surface area contributed by atoms with Gasteiger partial charge in [0.1, 0.15) is 6.10 Å². The molecule has 1 aliphatic heterocycles. The number of guanidine groups is 1. The van der Waals surface area contributed by atoms with Gasteiger partial charge in [-0.15, -0.1) is 24.0 Å². The monoisotopic (exact) mass is 425 g/mol. The van der Waals surface area contributed by atoms with Gasteiger partial charge in [0.2, 0.25) is 0 Å². The molecule has 1 N–H and O–H groups in total. The number of alkyl halides is 2. The van der Waals surface area contributed by atoms with Crippen LogP contribution < -0.4 is 5.32 Å². The molecule has 1 saturated heterocycles. The molecular weight excluding hydrogens is 403 g/mol. The van der Waals surface area contributed by atoms with Crippen molar-refractivity contribution in [2.75, 3.05) is 33.3 Å². The van der Waals surface area contributed by atoms with E-state index in [4.69, 9.17) is 4.74 Å². The fraction of sp³-hybridized carbons (Fsp3) is 0.533. The van der Waals surface area contributed by atoms with Crippen LogP contribution in [-0.2, 0) is 4.74 Å². The zero-order valence-electron chi connectivity index (χ0n) is 12.8. The number of nitrogens with zero attached hydrogens (tertiary/aromatic N) is 2. The van der Waals surface area contributed by atoms with Crippen molar-refractivity contribution < 1.29 is 13.5 Å². The fourth-order valence-corrected chi connectivity index (χ4v) is 2.48. The van der Waals surface area contributed by atoms with Crippen LogP contribution in [0.15, 0.2) is 29.3 Å². The molecule has 0 aromatic heterocycles. The molecule has 1 aliphatic rings. The van der Waals surface area contributed by atoms with E-state index in [1.54, 1.807) is 7.05 Å². The maximum Gasteiger partial charge on any atom is 0.255 e. The summed E-state index contributed by atoms with van der Waals surface area (Å²) in [6.45, 7) is 3.45. The Hall–Kier alpha value is -0.960. The standard InChI is InChI=1S/C15H21F2N3O.HI/c1-11-5-3-4-6-12(11)13-10-20(7-8-21-13)15(18-2)19-9-14(16)17;/h3-6,13-14H,7-10H2,1-2H3,(H,18,19);1H. The van der Waals surface area contributed by atoms with Gasteiger partial charge in [-0.1, -0.05) is 24.3 Å². The lowest BCUT2D eigenvalue weighted by Gasteiger charge is -2.35. The highest BCUT2D eigenvalue weighted by Gasteiger charge is 2.25. The molecule has 0 amide bonds. The van der Waals surface area contributed by atoms with Gasteiger partial charge < -0.3 is 15.0 Å². The van der Waals surface area contributed by atoms with E-state index in [9.17, 15) is 8.78 Å². The summed E-state index contributed by atoms with van der Waals surface area (Å²) in [6, 6.07) is 8.05. The van der Waals surface area contributed by atoms with Crippen molar-refractivity contribution in [2.45, 2.75) is 19.5 Å². The molecule has 1 fully saturated rings.